The van der Waals surface area contributed by atoms with E-state index in [-0.39, 0.29) is 0 Å². The first-order chi connectivity index (χ1) is 12.7. The zero-order valence-electron chi connectivity index (χ0n) is 14.3. The largest absolute Gasteiger partial charge is 0.359 e. The summed E-state index contributed by atoms with van der Waals surface area (Å²) >= 11 is 0. The van der Waals surface area contributed by atoms with Gasteiger partial charge in [0.15, 0.2) is 0 Å². The van der Waals surface area contributed by atoms with Crippen molar-refractivity contribution in [2.45, 2.75) is 24.9 Å². The van der Waals surface area contributed by atoms with Gasteiger partial charge in [-0.15, -0.1) is 0 Å². The van der Waals surface area contributed by atoms with Crippen LogP contribution in [0.1, 0.15) is 18.5 Å². The molecule has 0 spiro atoms. The summed E-state index contributed by atoms with van der Waals surface area (Å²) in [6, 6.07) is 12.1. The number of allylic oxidation sites excluding steroid dienone is 2. The van der Waals surface area contributed by atoms with E-state index >= 15 is 0 Å². The average Bonchev–Trinajstić information content (AvgIpc) is 3.35. The molecule has 4 rings (SSSR count). The minimum absolute atomic E-state index is 0.537. The molecule has 0 saturated heterocycles. The van der Waals surface area contributed by atoms with E-state index < -0.39 is 5.54 Å². The molecule has 1 aliphatic rings. The van der Waals surface area contributed by atoms with E-state index in [1.165, 1.54) is 6.33 Å². The van der Waals surface area contributed by atoms with Crippen LogP contribution in [0, 0.1) is 0 Å². The van der Waals surface area contributed by atoms with Crippen LogP contribution in [0.5, 0.6) is 0 Å². The summed E-state index contributed by atoms with van der Waals surface area (Å²) in [5, 5.41) is 14.8. The van der Waals surface area contributed by atoms with Gasteiger partial charge in [0.25, 0.3) is 0 Å². The number of benzene rings is 1. The number of aromatic amines is 1. The molecular formula is C19H21N7. The first-order valence-corrected chi connectivity index (χ1v) is 8.57. The topological polar surface area (TPSA) is 97.4 Å². The first-order valence-electron chi connectivity index (χ1n) is 8.57. The molecule has 0 aliphatic heterocycles. The lowest BCUT2D eigenvalue weighted by atomic mass is 9.78. The molecule has 132 valence electrons. The van der Waals surface area contributed by atoms with Gasteiger partial charge in [-0.25, -0.2) is 4.98 Å². The molecule has 7 nitrogen and oxygen atoms in total. The van der Waals surface area contributed by atoms with E-state index in [2.05, 4.69) is 37.7 Å². The summed E-state index contributed by atoms with van der Waals surface area (Å²) in [7, 11) is 0. The molecular weight excluding hydrogens is 326 g/mol. The molecule has 1 aliphatic carbocycles. The standard InChI is InChI=1S/C19H21N7/c20-19(9-11-26-14-21-13-23-26)12-16(24-15-4-2-1-3-5-15)6-7-17(19)18-8-10-22-25-18/h1-8,10,13-14,24H,9,11-12,20H2,(H,22,25). The van der Waals surface area contributed by atoms with Crippen LogP contribution < -0.4 is 11.1 Å². The molecule has 1 aromatic carbocycles. The molecule has 2 aromatic heterocycles. The van der Waals surface area contributed by atoms with E-state index in [0.717, 1.165) is 29.1 Å². The Kier molecular flexibility index (Phi) is 4.37. The fourth-order valence-electron chi connectivity index (χ4n) is 3.29. The maximum Gasteiger partial charge on any atom is 0.137 e. The van der Waals surface area contributed by atoms with Gasteiger partial charge >= 0.3 is 0 Å². The van der Waals surface area contributed by atoms with E-state index in [0.29, 0.717) is 13.0 Å². The molecule has 1 atom stereocenters. The predicted molar refractivity (Wildman–Crippen MR) is 101 cm³/mol. The maximum atomic E-state index is 6.90. The third-order valence-corrected chi connectivity index (χ3v) is 4.62. The Hall–Kier alpha value is -3.19. The molecule has 0 bridgehead atoms. The third-order valence-electron chi connectivity index (χ3n) is 4.62. The normalized spacial score (nSPS) is 19.7. The molecule has 1 unspecified atom stereocenters. The number of aromatic nitrogens is 5. The minimum Gasteiger partial charge on any atom is -0.359 e. The Balaban J connectivity index is 1.60. The molecule has 0 fully saturated rings. The lowest BCUT2D eigenvalue weighted by Gasteiger charge is -2.35. The second-order valence-corrected chi connectivity index (χ2v) is 6.48. The van der Waals surface area contributed by atoms with Gasteiger partial charge in [0.1, 0.15) is 12.7 Å². The SMILES string of the molecule is NC1(CCn2cncn2)CC(Nc2ccccc2)=CC=C1c1ccn[nH]1. The molecule has 0 amide bonds. The van der Waals surface area contributed by atoms with Crippen molar-refractivity contribution in [3.05, 3.63) is 78.8 Å². The Morgan fingerprint density at radius 2 is 2.08 bits per heavy atom. The number of H-pyrrole nitrogens is 1. The summed E-state index contributed by atoms with van der Waals surface area (Å²) in [6.45, 7) is 0.695. The van der Waals surface area contributed by atoms with Crippen molar-refractivity contribution in [3.8, 4) is 0 Å². The van der Waals surface area contributed by atoms with Gasteiger partial charge in [-0.3, -0.25) is 9.78 Å². The number of hydrogen-bond acceptors (Lipinski definition) is 5. The quantitative estimate of drug-likeness (QED) is 0.637. The number of aryl methyl sites for hydroxylation is 1. The van der Waals surface area contributed by atoms with Gasteiger partial charge in [0.05, 0.1) is 11.2 Å². The monoisotopic (exact) mass is 347 g/mol. The van der Waals surface area contributed by atoms with E-state index in [4.69, 9.17) is 5.73 Å². The van der Waals surface area contributed by atoms with Crippen LogP contribution in [0.4, 0.5) is 5.69 Å². The van der Waals surface area contributed by atoms with Gasteiger partial charge in [0.2, 0.25) is 0 Å². The van der Waals surface area contributed by atoms with Gasteiger partial charge in [0, 0.05) is 30.5 Å². The van der Waals surface area contributed by atoms with Gasteiger partial charge in [-0.1, -0.05) is 24.3 Å². The number of anilines is 1. The second kappa shape index (κ2) is 6.97. The summed E-state index contributed by atoms with van der Waals surface area (Å²) in [6.07, 6.45) is 10.6. The third kappa shape index (κ3) is 3.43. The van der Waals surface area contributed by atoms with Crippen molar-refractivity contribution in [1.82, 2.24) is 25.0 Å². The Morgan fingerprint density at radius 1 is 1.19 bits per heavy atom. The van der Waals surface area contributed by atoms with Gasteiger partial charge in [-0.05, 0) is 36.3 Å². The lowest BCUT2D eigenvalue weighted by Crippen LogP contribution is -2.44. The van der Waals surface area contributed by atoms with Crippen molar-refractivity contribution < 1.29 is 0 Å². The van der Waals surface area contributed by atoms with E-state index in [9.17, 15) is 0 Å². The molecule has 3 aromatic rings. The van der Waals surface area contributed by atoms with Crippen LogP contribution in [0.3, 0.4) is 0 Å². The zero-order valence-corrected chi connectivity index (χ0v) is 14.3. The molecule has 0 saturated carbocycles. The number of nitrogens with one attached hydrogen (secondary N) is 2. The first kappa shape index (κ1) is 16.3. The minimum atomic E-state index is -0.537. The highest BCUT2D eigenvalue weighted by Crippen LogP contribution is 2.36. The molecule has 0 radical (unpaired) electrons. The highest BCUT2D eigenvalue weighted by Gasteiger charge is 2.34. The highest BCUT2D eigenvalue weighted by molar-refractivity contribution is 5.74. The molecule has 26 heavy (non-hydrogen) atoms. The maximum absolute atomic E-state index is 6.90. The summed E-state index contributed by atoms with van der Waals surface area (Å²) < 4.78 is 1.81. The van der Waals surface area contributed by atoms with Crippen LogP contribution >= 0.6 is 0 Å². The van der Waals surface area contributed by atoms with Crippen LogP contribution in [-0.2, 0) is 6.54 Å². The molecule has 4 N–H and O–H groups in total. The van der Waals surface area contributed by atoms with Crippen molar-refractivity contribution in [3.63, 3.8) is 0 Å². The van der Waals surface area contributed by atoms with E-state index in [1.807, 2.05) is 41.1 Å². The van der Waals surface area contributed by atoms with Gasteiger partial charge < -0.3 is 11.1 Å². The molecule has 2 heterocycles. The van der Waals surface area contributed by atoms with Crippen molar-refractivity contribution >= 4 is 11.3 Å². The zero-order chi connectivity index (χ0) is 17.8. The Bertz CT molecular complexity index is 895. The van der Waals surface area contributed by atoms with Crippen molar-refractivity contribution in [2.24, 2.45) is 5.73 Å². The van der Waals surface area contributed by atoms with Crippen LogP contribution in [0.25, 0.3) is 5.57 Å². The van der Waals surface area contributed by atoms with E-state index in [1.54, 1.807) is 12.5 Å². The summed E-state index contributed by atoms with van der Waals surface area (Å²) in [5.74, 6) is 0. The van der Waals surface area contributed by atoms with Gasteiger partial charge in [-0.2, -0.15) is 10.2 Å². The number of hydrogen-bond donors (Lipinski definition) is 3. The summed E-state index contributed by atoms with van der Waals surface area (Å²) in [4.78, 5) is 4.00. The fourth-order valence-corrected chi connectivity index (χ4v) is 3.29. The Morgan fingerprint density at radius 3 is 2.81 bits per heavy atom. The number of nitrogens with two attached hydrogens (primary N) is 1. The summed E-state index contributed by atoms with van der Waals surface area (Å²) in [5.41, 5.74) is 10.5. The van der Waals surface area contributed by atoms with Crippen LogP contribution in [0.15, 0.2) is 73.1 Å². The smallest absolute Gasteiger partial charge is 0.137 e. The predicted octanol–water partition coefficient (Wildman–Crippen LogP) is 2.57. The molecule has 7 heteroatoms. The van der Waals surface area contributed by atoms with Crippen LogP contribution in [-0.4, -0.2) is 30.5 Å². The highest BCUT2D eigenvalue weighted by atomic mass is 15.3. The Labute approximate surface area is 151 Å². The fraction of sp³-hybridized carbons (Fsp3) is 0.211. The number of rotatable bonds is 6. The second-order valence-electron chi connectivity index (χ2n) is 6.48. The van der Waals surface area contributed by atoms with Crippen molar-refractivity contribution in [1.29, 1.82) is 0 Å². The van der Waals surface area contributed by atoms with Crippen molar-refractivity contribution in [2.75, 3.05) is 5.32 Å². The average molecular weight is 347 g/mol. The lowest BCUT2D eigenvalue weighted by molar-refractivity contribution is 0.434. The number of para-hydroxylation sites is 1. The van der Waals surface area contributed by atoms with Crippen LogP contribution in [0.2, 0.25) is 0 Å². The number of nitrogens with zero attached hydrogens (tertiary/aromatic N) is 4.